The fourth-order valence-corrected chi connectivity index (χ4v) is 3.82. The molecule has 0 saturated carbocycles. The van der Waals surface area contributed by atoms with Crippen molar-refractivity contribution in [3.05, 3.63) is 22.4 Å². The van der Waals surface area contributed by atoms with Gasteiger partial charge in [0.2, 0.25) is 15.9 Å². The molecule has 6 nitrogen and oxygen atoms in total. The van der Waals surface area contributed by atoms with Gasteiger partial charge in [-0.05, 0) is 41.9 Å². The minimum absolute atomic E-state index is 0.0342. The van der Waals surface area contributed by atoms with Crippen molar-refractivity contribution < 1.29 is 17.6 Å². The fourth-order valence-electron chi connectivity index (χ4n) is 1.59. The Labute approximate surface area is 125 Å². The number of sulfonamides is 1. The Hall–Kier alpha value is -1.19. The highest BCUT2D eigenvalue weighted by Gasteiger charge is 2.30. The summed E-state index contributed by atoms with van der Waals surface area (Å²) in [4.78, 5) is 10.7. The second kappa shape index (κ2) is 6.06. The highest BCUT2D eigenvalue weighted by atomic mass is 79.9. The lowest BCUT2D eigenvalue weighted by molar-refractivity contribution is -0.118. The van der Waals surface area contributed by atoms with Crippen LogP contribution in [0.15, 0.2) is 21.5 Å². The number of nitrogen functional groups attached to an aromatic ring is 1. The molecule has 1 aromatic rings. The molecule has 1 rings (SSSR count). The molecule has 0 aromatic heterocycles. The molecule has 112 valence electrons. The molecule has 1 amide bonds. The fraction of sp³-hybridized carbons (Fsp3) is 0.364. The molecule has 0 unspecified atom stereocenters. The zero-order chi connectivity index (χ0) is 15.7. The van der Waals surface area contributed by atoms with E-state index in [1.165, 1.54) is 0 Å². The van der Waals surface area contributed by atoms with Crippen molar-refractivity contribution in [2.45, 2.75) is 24.8 Å². The Balaban J connectivity index is 3.41. The number of benzene rings is 1. The lowest BCUT2D eigenvalue weighted by Crippen LogP contribution is -2.42. The average molecular weight is 368 g/mol. The molecule has 0 heterocycles. The van der Waals surface area contributed by atoms with Crippen LogP contribution in [-0.4, -0.2) is 31.2 Å². The number of carbonyl (C=O) groups is 1. The molecule has 0 atom stereocenters. The molecular weight excluding hydrogens is 353 g/mol. The summed E-state index contributed by atoms with van der Waals surface area (Å²) in [6, 6.07) is 1.46. The second-order valence-corrected chi connectivity index (χ2v) is 7.13. The zero-order valence-electron chi connectivity index (χ0n) is 10.9. The van der Waals surface area contributed by atoms with E-state index in [1.807, 2.05) is 0 Å². The molecule has 0 radical (unpaired) electrons. The van der Waals surface area contributed by atoms with Crippen molar-refractivity contribution in [1.29, 1.82) is 0 Å². The average Bonchev–Trinajstić information content (AvgIpc) is 2.29. The number of amides is 1. The lowest BCUT2D eigenvalue weighted by atomic mass is 10.3. The van der Waals surface area contributed by atoms with Crippen LogP contribution in [0.3, 0.4) is 0 Å². The Kier molecular flexibility index (Phi) is 5.11. The maximum atomic E-state index is 13.3. The first kappa shape index (κ1) is 16.9. The number of rotatable bonds is 5. The van der Waals surface area contributed by atoms with E-state index in [0.29, 0.717) is 0 Å². The van der Waals surface area contributed by atoms with Gasteiger partial charge in [0.25, 0.3) is 0 Å². The van der Waals surface area contributed by atoms with Gasteiger partial charge >= 0.3 is 0 Å². The van der Waals surface area contributed by atoms with Crippen LogP contribution in [-0.2, 0) is 14.8 Å². The van der Waals surface area contributed by atoms with Crippen LogP contribution >= 0.6 is 15.9 Å². The Morgan fingerprint density at radius 2 is 2.00 bits per heavy atom. The van der Waals surface area contributed by atoms with Crippen LogP contribution in [0.5, 0.6) is 0 Å². The van der Waals surface area contributed by atoms with E-state index in [2.05, 4.69) is 15.9 Å². The molecule has 20 heavy (non-hydrogen) atoms. The Morgan fingerprint density at radius 3 is 2.45 bits per heavy atom. The number of carbonyl (C=O) groups excluding carboxylic acids is 1. The molecule has 0 aliphatic heterocycles. The summed E-state index contributed by atoms with van der Waals surface area (Å²) < 4.78 is 39.2. The van der Waals surface area contributed by atoms with Gasteiger partial charge in [-0.1, -0.05) is 0 Å². The van der Waals surface area contributed by atoms with Crippen molar-refractivity contribution >= 4 is 37.5 Å². The topological polar surface area (TPSA) is 106 Å². The minimum Gasteiger partial charge on any atom is -0.398 e. The SMILES string of the molecule is CC(C)N(CC(N)=O)S(=O)(=O)c1cc(Br)c(F)cc1N. The van der Waals surface area contributed by atoms with Gasteiger partial charge in [0, 0.05) is 6.04 Å². The standard InChI is InChI=1S/C11H15BrFN3O3S/c1-6(2)16(5-11(15)17)20(18,19)10-3-7(12)8(13)4-9(10)14/h3-4,6H,5,14H2,1-2H3,(H2,15,17). The molecule has 0 aliphatic carbocycles. The number of primary amides is 1. The third-order valence-electron chi connectivity index (χ3n) is 2.53. The first-order valence-corrected chi connectivity index (χ1v) is 7.85. The van der Waals surface area contributed by atoms with Gasteiger partial charge in [-0.3, -0.25) is 4.79 Å². The van der Waals surface area contributed by atoms with Gasteiger partial charge < -0.3 is 11.5 Å². The van der Waals surface area contributed by atoms with Gasteiger partial charge in [0.1, 0.15) is 10.7 Å². The van der Waals surface area contributed by atoms with E-state index in [9.17, 15) is 17.6 Å². The van der Waals surface area contributed by atoms with Crippen molar-refractivity contribution in [3.63, 3.8) is 0 Å². The molecule has 9 heteroatoms. The summed E-state index contributed by atoms with van der Waals surface area (Å²) in [5.41, 5.74) is 10.4. The molecule has 4 N–H and O–H groups in total. The first-order valence-electron chi connectivity index (χ1n) is 5.62. The van der Waals surface area contributed by atoms with Gasteiger partial charge in [0.05, 0.1) is 16.7 Å². The summed E-state index contributed by atoms with van der Waals surface area (Å²) in [5, 5.41) is 0. The zero-order valence-corrected chi connectivity index (χ0v) is 13.3. The van der Waals surface area contributed by atoms with Crippen LogP contribution in [0.25, 0.3) is 0 Å². The van der Waals surface area contributed by atoms with Gasteiger partial charge in [-0.15, -0.1) is 0 Å². The van der Waals surface area contributed by atoms with Crippen molar-refractivity contribution in [1.82, 2.24) is 4.31 Å². The highest BCUT2D eigenvalue weighted by molar-refractivity contribution is 9.10. The molecule has 0 saturated heterocycles. The largest absolute Gasteiger partial charge is 0.398 e. The molecule has 0 bridgehead atoms. The number of anilines is 1. The Morgan fingerprint density at radius 1 is 1.45 bits per heavy atom. The van der Waals surface area contributed by atoms with E-state index in [-0.39, 0.29) is 15.1 Å². The predicted octanol–water partition coefficient (Wildman–Crippen LogP) is 1.05. The minimum atomic E-state index is -4.05. The smallest absolute Gasteiger partial charge is 0.245 e. The summed E-state index contributed by atoms with van der Waals surface area (Å²) in [6.07, 6.45) is 0. The van der Waals surface area contributed by atoms with Crippen molar-refractivity contribution in [2.24, 2.45) is 5.73 Å². The third kappa shape index (κ3) is 3.47. The van der Waals surface area contributed by atoms with E-state index in [4.69, 9.17) is 11.5 Å². The second-order valence-electron chi connectivity index (χ2n) is 4.41. The maximum Gasteiger partial charge on any atom is 0.245 e. The molecular formula is C11H15BrFN3O3S. The number of nitrogens with zero attached hydrogens (tertiary/aromatic N) is 1. The summed E-state index contributed by atoms with van der Waals surface area (Å²) in [7, 11) is -4.05. The van der Waals surface area contributed by atoms with Crippen LogP contribution < -0.4 is 11.5 Å². The number of hydrogen-bond donors (Lipinski definition) is 2. The van der Waals surface area contributed by atoms with Crippen molar-refractivity contribution in [3.8, 4) is 0 Å². The lowest BCUT2D eigenvalue weighted by Gasteiger charge is -2.25. The van der Waals surface area contributed by atoms with Gasteiger partial charge in [-0.25, -0.2) is 12.8 Å². The van der Waals surface area contributed by atoms with E-state index in [1.54, 1.807) is 13.8 Å². The predicted molar refractivity (Wildman–Crippen MR) is 76.7 cm³/mol. The third-order valence-corrected chi connectivity index (χ3v) is 5.21. The molecule has 0 aliphatic rings. The van der Waals surface area contributed by atoms with E-state index in [0.717, 1.165) is 16.4 Å². The van der Waals surface area contributed by atoms with Crippen LogP contribution in [0.2, 0.25) is 0 Å². The van der Waals surface area contributed by atoms with Crippen LogP contribution in [0.1, 0.15) is 13.8 Å². The number of nitrogens with two attached hydrogens (primary N) is 2. The van der Waals surface area contributed by atoms with E-state index >= 15 is 0 Å². The quantitative estimate of drug-likeness (QED) is 0.758. The highest BCUT2D eigenvalue weighted by Crippen LogP contribution is 2.29. The summed E-state index contributed by atoms with van der Waals surface area (Å²) >= 11 is 2.90. The number of halogens is 2. The molecule has 0 spiro atoms. The van der Waals surface area contributed by atoms with Crippen LogP contribution in [0.4, 0.5) is 10.1 Å². The summed E-state index contributed by atoms with van der Waals surface area (Å²) in [6.45, 7) is 2.71. The first-order chi connectivity index (χ1) is 9.07. The van der Waals surface area contributed by atoms with Gasteiger partial charge in [-0.2, -0.15) is 4.31 Å². The van der Waals surface area contributed by atoms with Crippen molar-refractivity contribution in [2.75, 3.05) is 12.3 Å². The van der Waals surface area contributed by atoms with E-state index < -0.39 is 34.3 Å². The molecule has 1 aromatic carbocycles. The normalized spacial score (nSPS) is 12.1. The van der Waals surface area contributed by atoms with Gasteiger partial charge in [0.15, 0.2) is 0 Å². The Bertz CT molecular complexity index is 634. The molecule has 0 fully saturated rings. The monoisotopic (exact) mass is 367 g/mol. The maximum absolute atomic E-state index is 13.3. The number of hydrogen-bond acceptors (Lipinski definition) is 4. The van der Waals surface area contributed by atoms with Crippen LogP contribution in [0, 0.1) is 5.82 Å². The summed E-state index contributed by atoms with van der Waals surface area (Å²) in [5.74, 6) is -1.46.